The van der Waals surface area contributed by atoms with Crippen molar-refractivity contribution in [3.8, 4) is 22.6 Å². The average molecular weight is 490 g/mol. The van der Waals surface area contributed by atoms with Crippen LogP contribution in [0.5, 0.6) is 11.5 Å². The largest absolute Gasteiger partial charge is 0.497 e. The van der Waals surface area contributed by atoms with Gasteiger partial charge >= 0.3 is 0 Å². The van der Waals surface area contributed by atoms with Crippen LogP contribution in [0.3, 0.4) is 0 Å². The van der Waals surface area contributed by atoms with Crippen molar-refractivity contribution in [3.05, 3.63) is 98.8 Å². The van der Waals surface area contributed by atoms with E-state index in [1.54, 1.807) is 38.5 Å². The van der Waals surface area contributed by atoms with Gasteiger partial charge in [0.25, 0.3) is 5.56 Å². The van der Waals surface area contributed by atoms with Gasteiger partial charge in [-0.25, -0.2) is 0 Å². The zero-order valence-electron chi connectivity index (χ0n) is 17.5. The number of halogens is 1. The number of carbonyl (C=O) groups is 1. The molecule has 160 valence electrons. The SMILES string of the molecule is COc1ccc(C=CC(=O)c2c(-c3ccccc3)c3cc(Br)ccc3[nH]c2=O)c(OC)c1. The summed E-state index contributed by atoms with van der Waals surface area (Å²) < 4.78 is 11.5. The Labute approximate surface area is 193 Å². The van der Waals surface area contributed by atoms with E-state index in [2.05, 4.69) is 20.9 Å². The topological polar surface area (TPSA) is 68.4 Å². The second-order valence-electron chi connectivity index (χ2n) is 7.07. The van der Waals surface area contributed by atoms with E-state index in [0.29, 0.717) is 28.1 Å². The van der Waals surface area contributed by atoms with Gasteiger partial charge in [-0.1, -0.05) is 46.3 Å². The number of H-pyrrole nitrogens is 1. The molecule has 0 spiro atoms. The van der Waals surface area contributed by atoms with Crippen molar-refractivity contribution in [2.45, 2.75) is 0 Å². The van der Waals surface area contributed by atoms with Gasteiger partial charge < -0.3 is 14.5 Å². The minimum atomic E-state index is -0.435. The molecule has 0 aliphatic heterocycles. The normalized spacial score (nSPS) is 11.1. The molecule has 0 aliphatic rings. The van der Waals surface area contributed by atoms with E-state index in [0.717, 1.165) is 15.4 Å². The Morgan fingerprint density at radius 3 is 2.47 bits per heavy atom. The molecule has 0 saturated carbocycles. The van der Waals surface area contributed by atoms with Gasteiger partial charge in [0.05, 0.1) is 19.8 Å². The third kappa shape index (κ3) is 4.22. The standard InChI is InChI=1S/C26H20BrNO4/c1-31-19-11-8-16(23(15-19)32-2)9-13-22(29)25-24(17-6-4-3-5-7-17)20-14-18(27)10-12-21(20)28-26(25)30/h3-15H,1-2H3,(H,28,30). The Hall–Kier alpha value is -3.64. The lowest BCUT2D eigenvalue weighted by Crippen LogP contribution is -2.18. The van der Waals surface area contributed by atoms with Crippen LogP contribution in [0, 0.1) is 0 Å². The highest BCUT2D eigenvalue weighted by Crippen LogP contribution is 2.32. The summed E-state index contributed by atoms with van der Waals surface area (Å²) in [4.78, 5) is 29.1. The van der Waals surface area contributed by atoms with Crippen LogP contribution < -0.4 is 15.0 Å². The van der Waals surface area contributed by atoms with Crippen LogP contribution in [0.15, 0.2) is 82.1 Å². The first kappa shape index (κ1) is 21.6. The van der Waals surface area contributed by atoms with Gasteiger partial charge in [-0.2, -0.15) is 0 Å². The Balaban J connectivity index is 1.87. The minimum absolute atomic E-state index is 0.0885. The lowest BCUT2D eigenvalue weighted by Gasteiger charge is -2.12. The quantitative estimate of drug-likeness (QED) is 0.271. The van der Waals surface area contributed by atoms with Gasteiger partial charge in [-0.15, -0.1) is 0 Å². The van der Waals surface area contributed by atoms with Crippen molar-refractivity contribution in [2.24, 2.45) is 0 Å². The molecule has 6 heteroatoms. The fraction of sp³-hybridized carbons (Fsp3) is 0.0769. The fourth-order valence-electron chi connectivity index (χ4n) is 3.61. The van der Waals surface area contributed by atoms with E-state index < -0.39 is 11.3 Å². The first-order valence-corrected chi connectivity index (χ1v) is 10.7. The molecule has 0 amide bonds. The summed E-state index contributed by atoms with van der Waals surface area (Å²) >= 11 is 3.49. The Morgan fingerprint density at radius 2 is 1.75 bits per heavy atom. The molecule has 0 unspecified atom stereocenters. The van der Waals surface area contributed by atoms with Crippen LogP contribution in [0.25, 0.3) is 28.1 Å². The third-order valence-corrected chi connectivity index (χ3v) is 5.63. The zero-order valence-corrected chi connectivity index (χ0v) is 19.1. The summed E-state index contributed by atoms with van der Waals surface area (Å²) in [5.74, 6) is 0.811. The Kier molecular flexibility index (Phi) is 6.23. The number of methoxy groups -OCH3 is 2. The van der Waals surface area contributed by atoms with Crippen LogP contribution in [0.2, 0.25) is 0 Å². The molecular weight excluding hydrogens is 470 g/mol. The van der Waals surface area contributed by atoms with Crippen molar-refractivity contribution >= 4 is 38.7 Å². The predicted octanol–water partition coefficient (Wildman–Crippen LogP) is 5.87. The summed E-state index contributed by atoms with van der Waals surface area (Å²) in [6, 6.07) is 20.3. The van der Waals surface area contributed by atoms with E-state index >= 15 is 0 Å². The lowest BCUT2D eigenvalue weighted by atomic mass is 9.94. The monoisotopic (exact) mass is 489 g/mol. The van der Waals surface area contributed by atoms with Crippen LogP contribution in [0.4, 0.5) is 0 Å². The summed E-state index contributed by atoms with van der Waals surface area (Å²) in [6.45, 7) is 0. The number of allylic oxidation sites excluding steroid dienone is 1. The molecule has 0 saturated heterocycles. The van der Waals surface area contributed by atoms with Crippen LogP contribution in [-0.4, -0.2) is 25.0 Å². The lowest BCUT2D eigenvalue weighted by molar-refractivity contribution is 0.104. The van der Waals surface area contributed by atoms with Crippen molar-refractivity contribution in [1.29, 1.82) is 0 Å². The van der Waals surface area contributed by atoms with Gasteiger partial charge in [0.15, 0.2) is 5.78 Å². The van der Waals surface area contributed by atoms with Crippen LogP contribution in [-0.2, 0) is 0 Å². The fourth-order valence-corrected chi connectivity index (χ4v) is 3.97. The van der Waals surface area contributed by atoms with E-state index in [9.17, 15) is 9.59 Å². The van der Waals surface area contributed by atoms with Gasteiger partial charge in [0.2, 0.25) is 0 Å². The van der Waals surface area contributed by atoms with Crippen molar-refractivity contribution in [1.82, 2.24) is 4.98 Å². The molecule has 0 fully saturated rings. The smallest absolute Gasteiger partial charge is 0.260 e. The second-order valence-corrected chi connectivity index (χ2v) is 7.98. The highest BCUT2D eigenvalue weighted by molar-refractivity contribution is 9.10. The zero-order chi connectivity index (χ0) is 22.7. The van der Waals surface area contributed by atoms with Crippen LogP contribution in [0.1, 0.15) is 15.9 Å². The number of pyridine rings is 1. The molecule has 0 bridgehead atoms. The minimum Gasteiger partial charge on any atom is -0.497 e. The molecule has 0 aliphatic carbocycles. The molecule has 1 heterocycles. The number of hydrogen-bond acceptors (Lipinski definition) is 4. The maximum atomic E-state index is 13.3. The Morgan fingerprint density at radius 1 is 0.969 bits per heavy atom. The van der Waals surface area contributed by atoms with Crippen molar-refractivity contribution in [2.75, 3.05) is 14.2 Å². The van der Waals surface area contributed by atoms with Gasteiger partial charge in [-0.3, -0.25) is 9.59 Å². The molecule has 32 heavy (non-hydrogen) atoms. The van der Waals surface area contributed by atoms with E-state index in [4.69, 9.17) is 9.47 Å². The molecule has 1 aromatic heterocycles. The van der Waals surface area contributed by atoms with E-state index in [-0.39, 0.29) is 5.56 Å². The number of ether oxygens (including phenoxy) is 2. The number of aromatic amines is 1. The van der Waals surface area contributed by atoms with Crippen molar-refractivity contribution < 1.29 is 14.3 Å². The first-order valence-electron chi connectivity index (χ1n) is 9.87. The third-order valence-electron chi connectivity index (χ3n) is 5.14. The molecule has 0 atom stereocenters. The average Bonchev–Trinajstić information content (AvgIpc) is 2.82. The number of hydrogen-bond donors (Lipinski definition) is 1. The number of rotatable bonds is 6. The molecule has 5 nitrogen and oxygen atoms in total. The number of benzene rings is 3. The van der Waals surface area contributed by atoms with Crippen molar-refractivity contribution in [3.63, 3.8) is 0 Å². The molecular formula is C26H20BrNO4. The molecule has 4 rings (SSSR count). The summed E-state index contributed by atoms with van der Waals surface area (Å²) in [7, 11) is 3.12. The summed E-state index contributed by atoms with van der Waals surface area (Å²) in [5, 5.41) is 0.781. The number of carbonyl (C=O) groups excluding carboxylic acids is 1. The van der Waals surface area contributed by atoms with Gasteiger partial charge in [0.1, 0.15) is 11.5 Å². The highest BCUT2D eigenvalue weighted by atomic mass is 79.9. The molecule has 3 aromatic carbocycles. The number of nitrogens with one attached hydrogen (secondary N) is 1. The highest BCUT2D eigenvalue weighted by Gasteiger charge is 2.19. The maximum absolute atomic E-state index is 13.3. The second kappa shape index (κ2) is 9.24. The molecule has 4 aromatic rings. The predicted molar refractivity (Wildman–Crippen MR) is 131 cm³/mol. The van der Waals surface area contributed by atoms with Crippen LogP contribution >= 0.6 is 15.9 Å². The summed E-state index contributed by atoms with van der Waals surface area (Å²) in [5.41, 5.74) is 2.40. The number of ketones is 1. The van der Waals surface area contributed by atoms with Gasteiger partial charge in [0, 0.05) is 32.6 Å². The number of aromatic nitrogens is 1. The first-order chi connectivity index (χ1) is 15.5. The molecule has 1 N–H and O–H groups in total. The molecule has 0 radical (unpaired) electrons. The van der Waals surface area contributed by atoms with E-state index in [1.807, 2.05) is 48.5 Å². The summed E-state index contributed by atoms with van der Waals surface area (Å²) in [6.07, 6.45) is 3.03. The van der Waals surface area contributed by atoms with E-state index in [1.165, 1.54) is 6.08 Å². The number of fused-ring (bicyclic) bond motifs is 1. The van der Waals surface area contributed by atoms with Gasteiger partial charge in [-0.05, 0) is 48.0 Å². The maximum Gasteiger partial charge on any atom is 0.260 e. The Bertz CT molecular complexity index is 1390.